The van der Waals surface area contributed by atoms with Crippen molar-refractivity contribution < 1.29 is 13.6 Å². The largest absolute Gasteiger partial charge is 0.344 e. The summed E-state index contributed by atoms with van der Waals surface area (Å²) in [5.74, 6) is -1.50. The monoisotopic (exact) mass is 418 g/mol. The van der Waals surface area contributed by atoms with Gasteiger partial charge in [0.05, 0.1) is 5.69 Å². The van der Waals surface area contributed by atoms with Crippen LogP contribution < -0.4 is 10.2 Å². The first-order chi connectivity index (χ1) is 14.2. The predicted molar refractivity (Wildman–Crippen MR) is 112 cm³/mol. The Balaban J connectivity index is 1.93. The number of nitrogens with zero attached hydrogens (tertiary/aromatic N) is 5. The first kappa shape index (κ1) is 21.9. The molecule has 0 radical (unpaired) electrons. The Labute approximate surface area is 175 Å². The summed E-state index contributed by atoms with van der Waals surface area (Å²) in [6.07, 6.45) is 3.18. The molecule has 30 heavy (non-hydrogen) atoms. The minimum Gasteiger partial charge on any atom is -0.344 e. The molecule has 2 aromatic rings. The minimum atomic E-state index is -2.96. The number of hydrogen-bond acceptors (Lipinski definition) is 6. The van der Waals surface area contributed by atoms with Crippen molar-refractivity contribution in [1.29, 1.82) is 0 Å². The first-order valence-corrected chi connectivity index (χ1v) is 10.1. The molecule has 1 N–H and O–H groups in total. The van der Waals surface area contributed by atoms with Crippen LogP contribution in [-0.2, 0) is 10.7 Å². The van der Waals surface area contributed by atoms with Gasteiger partial charge in [0.2, 0.25) is 11.9 Å². The highest BCUT2D eigenvalue weighted by Gasteiger charge is 2.26. The summed E-state index contributed by atoms with van der Waals surface area (Å²) in [5.41, 5.74) is 0.704. The topological polar surface area (TPSA) is 74.2 Å². The van der Waals surface area contributed by atoms with Gasteiger partial charge in [0, 0.05) is 64.3 Å². The second kappa shape index (κ2) is 8.89. The molecule has 0 aliphatic carbocycles. The Hall–Kier alpha value is -2.84. The number of aromatic nitrogens is 3. The molecule has 1 atom stereocenters. The van der Waals surface area contributed by atoms with Gasteiger partial charge in [0.15, 0.2) is 0 Å². The summed E-state index contributed by atoms with van der Waals surface area (Å²) in [5, 5.41) is 3.05. The number of halogens is 2. The predicted octanol–water partition coefficient (Wildman–Crippen LogP) is 3.91. The van der Waals surface area contributed by atoms with Gasteiger partial charge in [-0.25, -0.2) is 18.7 Å². The van der Waals surface area contributed by atoms with Crippen molar-refractivity contribution in [2.24, 2.45) is 0 Å². The van der Waals surface area contributed by atoms with Crippen molar-refractivity contribution in [3.8, 4) is 0 Å². The number of piperidine rings is 1. The second-order valence-electron chi connectivity index (χ2n) is 7.74. The molecule has 1 amide bonds. The van der Waals surface area contributed by atoms with Gasteiger partial charge in [-0.1, -0.05) is 0 Å². The van der Waals surface area contributed by atoms with Gasteiger partial charge in [-0.2, -0.15) is 4.98 Å². The first-order valence-electron chi connectivity index (χ1n) is 10.1. The molecule has 2 aromatic heterocycles. The third-order valence-electron chi connectivity index (χ3n) is 5.36. The lowest BCUT2D eigenvalue weighted by atomic mass is 9.94. The third kappa shape index (κ3) is 5.20. The number of likely N-dealkylation sites (tertiary alicyclic amines) is 1. The van der Waals surface area contributed by atoms with Crippen LogP contribution in [0.25, 0.3) is 0 Å². The summed E-state index contributed by atoms with van der Waals surface area (Å²) < 4.78 is 27.4. The standard InChI is InChI=1S/C21H28F2N6O/c1-5-28(4)20-25-17(15-7-6-10-29(13-15)14(2)30)12-19(27-20)26-18-11-16(8-9-24-18)21(3,22)23/h8-9,11-12,15H,5-7,10,13H2,1-4H3,(H,24,25,26,27). The number of hydrogen-bond donors (Lipinski definition) is 1. The molecule has 1 saturated heterocycles. The molecule has 9 heteroatoms. The van der Waals surface area contributed by atoms with Gasteiger partial charge < -0.3 is 15.1 Å². The number of amides is 1. The quantitative estimate of drug-likeness (QED) is 0.767. The summed E-state index contributed by atoms with van der Waals surface area (Å²) in [4.78, 5) is 29.0. The summed E-state index contributed by atoms with van der Waals surface area (Å²) in [7, 11) is 1.89. The van der Waals surface area contributed by atoms with Crippen LogP contribution in [0.3, 0.4) is 0 Å². The van der Waals surface area contributed by atoms with Crippen molar-refractivity contribution in [1.82, 2.24) is 19.9 Å². The Morgan fingerprint density at radius 2 is 2.10 bits per heavy atom. The van der Waals surface area contributed by atoms with Crippen LogP contribution >= 0.6 is 0 Å². The van der Waals surface area contributed by atoms with Gasteiger partial charge in [-0.05, 0) is 31.9 Å². The lowest BCUT2D eigenvalue weighted by molar-refractivity contribution is -0.130. The van der Waals surface area contributed by atoms with Crippen LogP contribution in [0.15, 0.2) is 24.4 Å². The number of rotatable bonds is 6. The summed E-state index contributed by atoms with van der Waals surface area (Å²) in [6, 6.07) is 4.44. The van der Waals surface area contributed by atoms with Crippen molar-refractivity contribution in [3.05, 3.63) is 35.7 Å². The van der Waals surface area contributed by atoms with Gasteiger partial charge in [0.25, 0.3) is 5.92 Å². The van der Waals surface area contributed by atoms with Crippen LogP contribution in [0.2, 0.25) is 0 Å². The molecule has 3 rings (SSSR count). The molecule has 7 nitrogen and oxygen atoms in total. The average molecular weight is 418 g/mol. The van der Waals surface area contributed by atoms with Crippen LogP contribution in [-0.4, -0.2) is 52.4 Å². The SMILES string of the molecule is CCN(C)c1nc(Nc2cc(C(C)(F)F)ccn2)cc(C2CCCN(C(C)=O)C2)n1. The van der Waals surface area contributed by atoms with Crippen LogP contribution in [0, 0.1) is 0 Å². The maximum Gasteiger partial charge on any atom is 0.270 e. The molecule has 1 aliphatic rings. The zero-order valence-corrected chi connectivity index (χ0v) is 17.8. The van der Waals surface area contributed by atoms with Crippen molar-refractivity contribution >= 4 is 23.5 Å². The Morgan fingerprint density at radius 3 is 2.77 bits per heavy atom. The maximum atomic E-state index is 13.7. The molecule has 0 saturated carbocycles. The summed E-state index contributed by atoms with van der Waals surface area (Å²) in [6.45, 7) is 6.50. The Bertz CT molecular complexity index is 901. The van der Waals surface area contributed by atoms with E-state index < -0.39 is 5.92 Å². The molecule has 0 aromatic carbocycles. The Morgan fingerprint density at radius 1 is 1.33 bits per heavy atom. The zero-order chi connectivity index (χ0) is 21.9. The average Bonchev–Trinajstić information content (AvgIpc) is 2.72. The van der Waals surface area contributed by atoms with E-state index in [2.05, 4.69) is 15.3 Å². The van der Waals surface area contributed by atoms with Crippen molar-refractivity contribution in [2.75, 3.05) is 36.9 Å². The number of anilines is 3. The second-order valence-corrected chi connectivity index (χ2v) is 7.74. The van der Waals surface area contributed by atoms with Gasteiger partial charge in [-0.3, -0.25) is 4.79 Å². The van der Waals surface area contributed by atoms with E-state index in [-0.39, 0.29) is 23.2 Å². The molecule has 3 heterocycles. The highest BCUT2D eigenvalue weighted by molar-refractivity contribution is 5.73. The molecule has 162 valence electrons. The van der Waals surface area contributed by atoms with Crippen molar-refractivity contribution in [3.63, 3.8) is 0 Å². The number of carbonyl (C=O) groups excluding carboxylic acids is 1. The van der Waals surface area contributed by atoms with E-state index in [0.717, 1.165) is 32.0 Å². The van der Waals surface area contributed by atoms with Crippen LogP contribution in [0.5, 0.6) is 0 Å². The van der Waals surface area contributed by atoms with Crippen LogP contribution in [0.4, 0.5) is 26.4 Å². The van der Waals surface area contributed by atoms with Gasteiger partial charge >= 0.3 is 0 Å². The highest BCUT2D eigenvalue weighted by Crippen LogP contribution is 2.31. The lowest BCUT2D eigenvalue weighted by Crippen LogP contribution is -2.38. The molecule has 0 bridgehead atoms. The smallest absolute Gasteiger partial charge is 0.270 e. The van der Waals surface area contributed by atoms with Gasteiger partial charge in [-0.15, -0.1) is 0 Å². The summed E-state index contributed by atoms with van der Waals surface area (Å²) >= 11 is 0. The molecular weight excluding hydrogens is 390 g/mol. The highest BCUT2D eigenvalue weighted by atomic mass is 19.3. The van der Waals surface area contributed by atoms with Crippen LogP contribution in [0.1, 0.15) is 50.8 Å². The molecule has 1 unspecified atom stereocenters. The molecule has 1 fully saturated rings. The van der Waals surface area contributed by atoms with E-state index >= 15 is 0 Å². The van der Waals surface area contributed by atoms with E-state index in [4.69, 9.17) is 4.98 Å². The van der Waals surface area contributed by atoms with Crippen molar-refractivity contribution in [2.45, 2.75) is 45.5 Å². The van der Waals surface area contributed by atoms with E-state index in [1.807, 2.05) is 29.8 Å². The lowest BCUT2D eigenvalue weighted by Gasteiger charge is -2.32. The van der Waals surface area contributed by atoms with E-state index in [9.17, 15) is 13.6 Å². The molecule has 0 spiro atoms. The maximum absolute atomic E-state index is 13.7. The number of carbonyl (C=O) groups is 1. The fraction of sp³-hybridized carbons (Fsp3) is 0.524. The molecular formula is C21H28F2N6O. The number of alkyl halides is 2. The molecule has 1 aliphatic heterocycles. The fourth-order valence-electron chi connectivity index (χ4n) is 3.45. The van der Waals surface area contributed by atoms with E-state index in [1.54, 1.807) is 6.92 Å². The normalized spacial score (nSPS) is 17.0. The zero-order valence-electron chi connectivity index (χ0n) is 17.8. The van der Waals surface area contributed by atoms with Gasteiger partial charge in [0.1, 0.15) is 11.6 Å². The van der Waals surface area contributed by atoms with E-state index in [1.165, 1.54) is 18.3 Å². The fourth-order valence-corrected chi connectivity index (χ4v) is 3.45. The number of pyridine rings is 1. The third-order valence-corrected chi connectivity index (χ3v) is 5.36. The Kier molecular flexibility index (Phi) is 6.48. The number of nitrogens with one attached hydrogen (secondary N) is 1. The van der Waals surface area contributed by atoms with E-state index in [0.29, 0.717) is 24.9 Å². The minimum absolute atomic E-state index is 0.0551.